The molecule has 0 unspecified atom stereocenters. The highest BCUT2D eigenvalue weighted by Crippen LogP contribution is 2.37. The van der Waals surface area contributed by atoms with Gasteiger partial charge in [0.2, 0.25) is 0 Å². The van der Waals surface area contributed by atoms with Crippen molar-refractivity contribution < 1.29 is 9.47 Å². The molecule has 0 aliphatic heterocycles. The van der Waals surface area contributed by atoms with Crippen LogP contribution in [-0.2, 0) is 6.42 Å². The number of ether oxygens (including phenoxy) is 2. The van der Waals surface area contributed by atoms with Crippen molar-refractivity contribution in [3.05, 3.63) is 33.8 Å². The van der Waals surface area contributed by atoms with Crippen molar-refractivity contribution >= 4 is 27.5 Å². The Balaban J connectivity index is 2.97. The van der Waals surface area contributed by atoms with Crippen LogP contribution in [0.25, 0.3) is 0 Å². The monoisotopic (exact) mass is 333 g/mol. The quantitative estimate of drug-likeness (QED) is 0.830. The van der Waals surface area contributed by atoms with Crippen LogP contribution < -0.4 is 15.2 Å². The number of nitrogens with two attached hydrogens (primary N) is 1. The van der Waals surface area contributed by atoms with Gasteiger partial charge in [-0.05, 0) is 59.6 Å². The Kier molecular flexibility index (Phi) is 7.16. The first-order valence-corrected chi connectivity index (χ1v) is 6.99. The van der Waals surface area contributed by atoms with Crippen molar-refractivity contribution in [2.24, 2.45) is 5.73 Å². The fraction of sp³-hybridized carbons (Fsp3) is 0.385. The van der Waals surface area contributed by atoms with Gasteiger partial charge in [-0.3, -0.25) is 0 Å². The topological polar surface area (TPSA) is 44.5 Å². The van der Waals surface area contributed by atoms with Crippen LogP contribution in [0.1, 0.15) is 12.5 Å². The molecular formula is C13H17BrClNO2. The smallest absolute Gasteiger partial charge is 0.175 e. The van der Waals surface area contributed by atoms with E-state index in [1.54, 1.807) is 6.08 Å². The van der Waals surface area contributed by atoms with E-state index in [1.807, 2.05) is 19.1 Å². The summed E-state index contributed by atoms with van der Waals surface area (Å²) in [5.41, 5.74) is 8.11. The maximum absolute atomic E-state index is 5.62. The van der Waals surface area contributed by atoms with Crippen molar-refractivity contribution in [2.75, 3.05) is 19.8 Å². The predicted molar refractivity (Wildman–Crippen MR) is 78.6 cm³/mol. The Morgan fingerprint density at radius 1 is 1.39 bits per heavy atom. The number of hydrogen-bond donors (Lipinski definition) is 1. The second-order valence-electron chi connectivity index (χ2n) is 3.55. The van der Waals surface area contributed by atoms with Gasteiger partial charge in [0.05, 0.1) is 11.1 Å². The van der Waals surface area contributed by atoms with Gasteiger partial charge in [-0.1, -0.05) is 11.6 Å². The molecule has 0 radical (unpaired) electrons. The van der Waals surface area contributed by atoms with Crippen molar-refractivity contribution in [3.63, 3.8) is 0 Å². The minimum absolute atomic E-state index is 0.401. The normalized spacial score (nSPS) is 10.9. The van der Waals surface area contributed by atoms with Gasteiger partial charge in [-0.2, -0.15) is 0 Å². The average molecular weight is 335 g/mol. The fourth-order valence-corrected chi connectivity index (χ4v) is 2.18. The first-order chi connectivity index (χ1) is 8.72. The molecule has 2 N–H and O–H groups in total. The number of hydrogen-bond acceptors (Lipinski definition) is 3. The van der Waals surface area contributed by atoms with Gasteiger partial charge < -0.3 is 15.2 Å². The van der Waals surface area contributed by atoms with Crippen LogP contribution in [0.4, 0.5) is 0 Å². The van der Waals surface area contributed by atoms with E-state index in [4.69, 9.17) is 26.8 Å². The summed E-state index contributed by atoms with van der Waals surface area (Å²) in [6, 6.07) is 3.95. The minimum atomic E-state index is 0.401. The van der Waals surface area contributed by atoms with Gasteiger partial charge in [-0.15, -0.1) is 0 Å². The van der Waals surface area contributed by atoms with Gasteiger partial charge in [-0.25, -0.2) is 0 Å². The summed E-state index contributed by atoms with van der Waals surface area (Å²) in [6.45, 7) is 3.53. The van der Waals surface area contributed by atoms with E-state index in [2.05, 4.69) is 15.9 Å². The highest BCUT2D eigenvalue weighted by atomic mass is 79.9. The second kappa shape index (κ2) is 8.40. The first kappa shape index (κ1) is 15.3. The Bertz CT molecular complexity index is 410. The molecule has 0 amide bonds. The lowest BCUT2D eigenvalue weighted by Gasteiger charge is -2.14. The van der Waals surface area contributed by atoms with Crippen LogP contribution in [-0.4, -0.2) is 19.8 Å². The molecule has 100 valence electrons. The maximum Gasteiger partial charge on any atom is 0.175 e. The van der Waals surface area contributed by atoms with Crippen molar-refractivity contribution in [2.45, 2.75) is 13.3 Å². The van der Waals surface area contributed by atoms with E-state index in [1.165, 1.54) is 5.54 Å². The van der Waals surface area contributed by atoms with Crippen LogP contribution in [0, 0.1) is 0 Å². The van der Waals surface area contributed by atoms with E-state index in [9.17, 15) is 0 Å². The summed E-state index contributed by atoms with van der Waals surface area (Å²) in [5.74, 6) is 1.41. The third-order valence-corrected chi connectivity index (χ3v) is 2.98. The second-order valence-corrected chi connectivity index (χ2v) is 4.66. The highest BCUT2D eigenvalue weighted by Gasteiger charge is 2.11. The third-order valence-electron chi connectivity index (χ3n) is 2.22. The molecule has 0 bridgehead atoms. The largest absolute Gasteiger partial charge is 0.490 e. The van der Waals surface area contributed by atoms with Crippen molar-refractivity contribution in [1.29, 1.82) is 0 Å². The zero-order chi connectivity index (χ0) is 13.4. The Labute approximate surface area is 121 Å². The van der Waals surface area contributed by atoms with Gasteiger partial charge in [0.1, 0.15) is 6.61 Å². The molecule has 0 heterocycles. The Morgan fingerprint density at radius 2 is 2.17 bits per heavy atom. The van der Waals surface area contributed by atoms with Gasteiger partial charge in [0, 0.05) is 5.54 Å². The molecule has 0 spiro atoms. The number of rotatable bonds is 7. The molecule has 3 nitrogen and oxygen atoms in total. The number of benzene rings is 1. The summed E-state index contributed by atoms with van der Waals surface area (Å²) in [6.07, 6.45) is 2.53. The predicted octanol–water partition coefficient (Wildman–Crippen LogP) is 3.48. The molecule has 0 fully saturated rings. The third kappa shape index (κ3) is 4.52. The molecule has 0 aromatic heterocycles. The molecule has 1 rings (SSSR count). The Hall–Kier alpha value is -0.710. The Morgan fingerprint density at radius 3 is 2.78 bits per heavy atom. The van der Waals surface area contributed by atoms with E-state index < -0.39 is 0 Å². The lowest BCUT2D eigenvalue weighted by atomic mass is 10.1. The lowest BCUT2D eigenvalue weighted by Crippen LogP contribution is -2.05. The molecule has 0 aliphatic carbocycles. The molecule has 0 aliphatic rings. The minimum Gasteiger partial charge on any atom is -0.490 e. The van der Waals surface area contributed by atoms with Gasteiger partial charge in [0.15, 0.2) is 11.5 Å². The summed E-state index contributed by atoms with van der Waals surface area (Å²) in [5, 5.41) is 0. The lowest BCUT2D eigenvalue weighted by molar-refractivity contribution is 0.295. The van der Waals surface area contributed by atoms with E-state index in [-0.39, 0.29) is 0 Å². The summed E-state index contributed by atoms with van der Waals surface area (Å²) in [4.78, 5) is 0. The number of halogens is 2. The zero-order valence-corrected chi connectivity index (χ0v) is 12.6. The van der Waals surface area contributed by atoms with E-state index in [0.29, 0.717) is 25.5 Å². The maximum atomic E-state index is 5.62. The van der Waals surface area contributed by atoms with Crippen LogP contribution in [0.15, 0.2) is 28.2 Å². The average Bonchev–Trinajstić information content (AvgIpc) is 2.33. The molecule has 0 saturated carbocycles. The van der Waals surface area contributed by atoms with Crippen LogP contribution >= 0.6 is 27.5 Å². The molecular weight excluding hydrogens is 318 g/mol. The fourth-order valence-electron chi connectivity index (χ4n) is 1.50. The summed E-state index contributed by atoms with van der Waals surface area (Å²) < 4.78 is 12.1. The highest BCUT2D eigenvalue weighted by molar-refractivity contribution is 9.10. The van der Waals surface area contributed by atoms with E-state index in [0.717, 1.165) is 22.2 Å². The van der Waals surface area contributed by atoms with Crippen molar-refractivity contribution in [1.82, 2.24) is 0 Å². The molecule has 5 heteroatoms. The molecule has 18 heavy (non-hydrogen) atoms. The molecule has 0 saturated heterocycles. The molecule has 0 atom stereocenters. The van der Waals surface area contributed by atoms with Gasteiger partial charge >= 0.3 is 0 Å². The van der Waals surface area contributed by atoms with Crippen LogP contribution in [0.5, 0.6) is 11.5 Å². The van der Waals surface area contributed by atoms with Crippen LogP contribution in [0.3, 0.4) is 0 Å². The molecule has 1 aromatic carbocycles. The standard InChI is InChI=1S/C13H17BrClNO2/c1-2-17-12-9-10(4-6-16)8-11(14)13(12)18-7-3-5-15/h3,5,8-9H,2,4,6-7,16H2,1H3/b5-3+. The zero-order valence-electron chi connectivity index (χ0n) is 10.3. The molecule has 1 aromatic rings. The van der Waals surface area contributed by atoms with E-state index >= 15 is 0 Å². The van der Waals surface area contributed by atoms with Gasteiger partial charge in [0.25, 0.3) is 0 Å². The summed E-state index contributed by atoms with van der Waals surface area (Å²) >= 11 is 8.94. The van der Waals surface area contributed by atoms with Crippen LogP contribution in [0.2, 0.25) is 0 Å². The SMILES string of the molecule is CCOc1cc(CCN)cc(Br)c1OC/C=C/Cl. The summed E-state index contributed by atoms with van der Waals surface area (Å²) in [7, 11) is 0. The van der Waals surface area contributed by atoms with Crippen molar-refractivity contribution in [3.8, 4) is 11.5 Å². The first-order valence-electron chi connectivity index (χ1n) is 5.76.